The molecular formula is C27H27N3O5S. The van der Waals surface area contributed by atoms with E-state index in [1.165, 1.54) is 11.3 Å². The number of rotatable bonds is 5. The number of benzene rings is 2. The third kappa shape index (κ3) is 4.08. The summed E-state index contributed by atoms with van der Waals surface area (Å²) in [4.78, 5) is 34.3. The summed E-state index contributed by atoms with van der Waals surface area (Å²) in [7, 11) is 1.56. The van der Waals surface area contributed by atoms with Crippen LogP contribution in [0.3, 0.4) is 0 Å². The van der Waals surface area contributed by atoms with E-state index in [4.69, 9.17) is 14.5 Å². The number of carboxylic acid groups (broad SMARTS) is 1. The van der Waals surface area contributed by atoms with Crippen LogP contribution in [-0.2, 0) is 16.0 Å². The summed E-state index contributed by atoms with van der Waals surface area (Å²) in [5, 5.41) is 14.1. The minimum absolute atomic E-state index is 0.299. The van der Waals surface area contributed by atoms with Crippen molar-refractivity contribution >= 4 is 44.3 Å². The topological polar surface area (TPSA) is 111 Å². The van der Waals surface area contributed by atoms with Crippen molar-refractivity contribution in [3.05, 3.63) is 52.2 Å². The number of nitrogens with zero attached hydrogens (tertiary/aromatic N) is 2. The average molecular weight is 506 g/mol. The van der Waals surface area contributed by atoms with Gasteiger partial charge in [-0.25, -0.2) is 9.78 Å². The molecule has 3 heterocycles. The number of carbonyl (C=O) groups excluding carboxylic acids is 1. The number of aliphatic carboxylic acids is 1. The number of amides is 1. The van der Waals surface area contributed by atoms with Gasteiger partial charge in [0.15, 0.2) is 11.1 Å². The SMILES string of the molecule is CNC(=O)c1nc2cc(C)c([C@H](OC(C)(C)C)C(=O)O)c(-c3ccc4c5c(ccnc35)CCO4)c2s1. The number of pyridine rings is 1. The maximum Gasteiger partial charge on any atom is 0.337 e. The van der Waals surface area contributed by atoms with E-state index in [1.54, 1.807) is 13.2 Å². The Labute approximate surface area is 212 Å². The maximum atomic E-state index is 12.6. The van der Waals surface area contributed by atoms with Gasteiger partial charge in [-0.3, -0.25) is 9.78 Å². The van der Waals surface area contributed by atoms with Crippen LogP contribution in [0.2, 0.25) is 0 Å². The summed E-state index contributed by atoms with van der Waals surface area (Å²) in [6.45, 7) is 7.92. The monoisotopic (exact) mass is 505 g/mol. The highest BCUT2D eigenvalue weighted by molar-refractivity contribution is 7.20. The van der Waals surface area contributed by atoms with Crippen LogP contribution in [0.5, 0.6) is 5.75 Å². The van der Waals surface area contributed by atoms with Gasteiger partial charge >= 0.3 is 5.97 Å². The predicted molar refractivity (Wildman–Crippen MR) is 139 cm³/mol. The Hall–Kier alpha value is -3.56. The van der Waals surface area contributed by atoms with Crippen molar-refractivity contribution in [1.29, 1.82) is 0 Å². The first-order chi connectivity index (χ1) is 17.1. The zero-order chi connectivity index (χ0) is 25.8. The number of hydrogen-bond acceptors (Lipinski definition) is 7. The molecule has 0 radical (unpaired) electrons. The van der Waals surface area contributed by atoms with Gasteiger partial charge in [-0.2, -0.15) is 0 Å². The van der Waals surface area contributed by atoms with Crippen LogP contribution in [0.25, 0.3) is 32.2 Å². The molecule has 1 atom stereocenters. The van der Waals surface area contributed by atoms with Gasteiger partial charge in [0.05, 0.1) is 27.9 Å². The largest absolute Gasteiger partial charge is 0.493 e. The fraction of sp³-hybridized carbons (Fsp3) is 0.333. The molecule has 4 aromatic rings. The molecule has 1 aliphatic rings. The molecule has 0 saturated heterocycles. The lowest BCUT2D eigenvalue weighted by atomic mass is 9.89. The summed E-state index contributed by atoms with van der Waals surface area (Å²) in [6.07, 6.45) is 1.29. The molecular weight excluding hydrogens is 478 g/mol. The number of hydrogen-bond donors (Lipinski definition) is 2. The molecule has 1 amide bonds. The van der Waals surface area contributed by atoms with Gasteiger partial charge < -0.3 is 19.9 Å². The van der Waals surface area contributed by atoms with Gasteiger partial charge in [0.1, 0.15) is 5.75 Å². The molecule has 0 aliphatic carbocycles. The van der Waals surface area contributed by atoms with Crippen molar-refractivity contribution in [1.82, 2.24) is 15.3 Å². The van der Waals surface area contributed by atoms with Crippen molar-refractivity contribution in [2.24, 2.45) is 0 Å². The molecule has 2 N–H and O–H groups in total. The summed E-state index contributed by atoms with van der Waals surface area (Å²) in [6, 6.07) is 7.62. The summed E-state index contributed by atoms with van der Waals surface area (Å²) >= 11 is 1.23. The second kappa shape index (κ2) is 8.83. The minimum atomic E-state index is -1.24. The summed E-state index contributed by atoms with van der Waals surface area (Å²) < 4.78 is 12.7. The standard InChI is InChI=1S/C27H27N3O5S/c1-13-12-16-23(36-25(30-16)24(31)28-5)20(18(13)22(26(32)33)35-27(2,3)4)15-6-7-17-19-14(9-11-34-17)8-10-29-21(15)19/h6-8,10,12,22H,9,11H2,1-5H3,(H,28,31)(H,32,33)/t22-/m0/s1. The third-order valence-corrected chi connectivity index (χ3v) is 7.23. The number of aryl methyl sites for hydroxylation is 1. The molecule has 0 bridgehead atoms. The first kappa shape index (κ1) is 24.1. The number of ether oxygens (including phenoxy) is 2. The lowest BCUT2D eigenvalue weighted by Gasteiger charge is -2.28. The number of carboxylic acids is 1. The smallest absolute Gasteiger partial charge is 0.337 e. The van der Waals surface area contributed by atoms with Gasteiger partial charge in [0, 0.05) is 41.7 Å². The molecule has 0 fully saturated rings. The highest BCUT2D eigenvalue weighted by atomic mass is 32.1. The molecule has 186 valence electrons. The van der Waals surface area contributed by atoms with Crippen molar-refractivity contribution in [3.63, 3.8) is 0 Å². The van der Waals surface area contributed by atoms with E-state index < -0.39 is 17.7 Å². The number of aromatic nitrogens is 2. The Kier molecular flexibility index (Phi) is 5.92. The van der Waals surface area contributed by atoms with E-state index in [9.17, 15) is 14.7 Å². The number of thiazole rings is 1. The second-order valence-corrected chi connectivity index (χ2v) is 10.8. The molecule has 8 nitrogen and oxygen atoms in total. The molecule has 5 rings (SSSR count). The molecule has 0 saturated carbocycles. The third-order valence-electron chi connectivity index (χ3n) is 6.15. The van der Waals surface area contributed by atoms with Crippen LogP contribution in [0.1, 0.15) is 53.4 Å². The second-order valence-electron chi connectivity index (χ2n) is 9.78. The maximum absolute atomic E-state index is 12.6. The molecule has 2 aromatic carbocycles. The van der Waals surface area contributed by atoms with E-state index in [0.717, 1.165) is 28.7 Å². The van der Waals surface area contributed by atoms with Gasteiger partial charge in [-0.15, -0.1) is 11.3 Å². The van der Waals surface area contributed by atoms with Crippen molar-refractivity contribution in [2.45, 2.75) is 45.8 Å². The summed E-state index contributed by atoms with van der Waals surface area (Å²) in [5.74, 6) is -0.640. The fourth-order valence-electron chi connectivity index (χ4n) is 4.71. The van der Waals surface area contributed by atoms with Crippen molar-refractivity contribution in [2.75, 3.05) is 13.7 Å². The van der Waals surface area contributed by atoms with Gasteiger partial charge in [-0.1, -0.05) is 0 Å². The Morgan fingerprint density at radius 1 is 1.25 bits per heavy atom. The minimum Gasteiger partial charge on any atom is -0.493 e. The lowest BCUT2D eigenvalue weighted by molar-refractivity contribution is -0.160. The molecule has 0 unspecified atom stereocenters. The molecule has 36 heavy (non-hydrogen) atoms. The first-order valence-electron chi connectivity index (χ1n) is 11.7. The Morgan fingerprint density at radius 2 is 2.03 bits per heavy atom. The molecule has 0 spiro atoms. The van der Waals surface area contributed by atoms with Crippen LogP contribution in [0, 0.1) is 6.92 Å². The average Bonchev–Trinajstić information content (AvgIpc) is 3.25. The van der Waals surface area contributed by atoms with Gasteiger partial charge in [0.25, 0.3) is 5.91 Å². The van der Waals surface area contributed by atoms with E-state index >= 15 is 0 Å². The zero-order valence-corrected chi connectivity index (χ0v) is 21.6. The van der Waals surface area contributed by atoms with E-state index in [1.807, 2.05) is 52.0 Å². The predicted octanol–water partition coefficient (Wildman–Crippen LogP) is 5.06. The molecule has 9 heteroatoms. The lowest BCUT2D eigenvalue weighted by Crippen LogP contribution is -2.28. The fourth-order valence-corrected chi connectivity index (χ4v) is 5.77. The van der Waals surface area contributed by atoms with E-state index in [0.29, 0.717) is 44.0 Å². The van der Waals surface area contributed by atoms with Crippen molar-refractivity contribution in [3.8, 4) is 16.9 Å². The van der Waals surface area contributed by atoms with Gasteiger partial charge in [-0.05, 0) is 63.1 Å². The van der Waals surface area contributed by atoms with Gasteiger partial charge in [0.2, 0.25) is 0 Å². The Bertz CT molecular complexity index is 1530. The number of nitrogens with one attached hydrogen (secondary N) is 1. The van der Waals surface area contributed by atoms with Crippen LogP contribution in [0.4, 0.5) is 0 Å². The number of fused-ring (bicyclic) bond motifs is 1. The highest BCUT2D eigenvalue weighted by Crippen LogP contribution is 2.46. The highest BCUT2D eigenvalue weighted by Gasteiger charge is 2.33. The first-order valence-corrected chi connectivity index (χ1v) is 12.5. The molecule has 2 aromatic heterocycles. The van der Waals surface area contributed by atoms with Crippen LogP contribution < -0.4 is 10.1 Å². The van der Waals surface area contributed by atoms with Crippen LogP contribution in [-0.4, -0.2) is 46.2 Å². The van der Waals surface area contributed by atoms with Crippen LogP contribution in [0.15, 0.2) is 30.5 Å². The quantitative estimate of drug-likeness (QED) is 0.390. The summed E-state index contributed by atoms with van der Waals surface area (Å²) in [5.41, 5.74) is 4.39. The van der Waals surface area contributed by atoms with Crippen molar-refractivity contribution < 1.29 is 24.2 Å². The number of carbonyl (C=O) groups is 2. The van der Waals surface area contributed by atoms with Crippen LogP contribution >= 0.6 is 11.3 Å². The molecule has 1 aliphatic heterocycles. The van der Waals surface area contributed by atoms with E-state index in [2.05, 4.69) is 10.3 Å². The Morgan fingerprint density at radius 3 is 2.72 bits per heavy atom. The zero-order valence-electron chi connectivity index (χ0n) is 20.8. The Balaban J connectivity index is 1.91. The normalized spacial score (nSPS) is 14.0. The van der Waals surface area contributed by atoms with E-state index in [-0.39, 0.29) is 5.91 Å².